The molecule has 0 heterocycles. The van der Waals surface area contributed by atoms with Crippen LogP contribution in [0.3, 0.4) is 0 Å². The summed E-state index contributed by atoms with van der Waals surface area (Å²) in [6.07, 6.45) is 0. The molecule has 0 aliphatic carbocycles. The lowest BCUT2D eigenvalue weighted by atomic mass is 10.2. The van der Waals surface area contributed by atoms with Crippen molar-refractivity contribution in [2.75, 3.05) is 26.1 Å². The van der Waals surface area contributed by atoms with Crippen LogP contribution in [0.15, 0.2) is 36.4 Å². The summed E-state index contributed by atoms with van der Waals surface area (Å²) in [5.41, 5.74) is 0.754. The molecule has 2 aromatic carbocycles. The second-order valence-corrected chi connectivity index (χ2v) is 6.36. The number of methoxy groups -OCH3 is 2. The SMILES string of the molecule is COc1cc(OC)c(NC(=O)COC(=O)c2ccccc2I)cc1Cl. The van der Waals surface area contributed by atoms with Crippen molar-refractivity contribution in [3.63, 3.8) is 0 Å². The van der Waals surface area contributed by atoms with Crippen LogP contribution >= 0.6 is 34.2 Å². The van der Waals surface area contributed by atoms with E-state index < -0.39 is 18.5 Å². The first kappa shape index (κ1) is 19.3. The van der Waals surface area contributed by atoms with Crippen LogP contribution in [-0.4, -0.2) is 32.7 Å². The third-order valence-corrected chi connectivity index (χ3v) is 4.41. The van der Waals surface area contributed by atoms with Gasteiger partial charge < -0.3 is 19.5 Å². The molecule has 2 aromatic rings. The van der Waals surface area contributed by atoms with Crippen LogP contribution in [0.25, 0.3) is 0 Å². The van der Waals surface area contributed by atoms with Gasteiger partial charge in [-0.2, -0.15) is 0 Å². The average Bonchev–Trinajstić information content (AvgIpc) is 2.60. The van der Waals surface area contributed by atoms with Crippen molar-refractivity contribution < 1.29 is 23.8 Å². The predicted octanol–water partition coefficient (Wildman–Crippen LogP) is 3.76. The molecule has 1 N–H and O–H groups in total. The summed E-state index contributed by atoms with van der Waals surface area (Å²) in [7, 11) is 2.93. The third kappa shape index (κ3) is 4.99. The number of ether oxygens (including phenoxy) is 3. The number of esters is 1. The highest BCUT2D eigenvalue weighted by Crippen LogP contribution is 2.35. The monoisotopic (exact) mass is 475 g/mol. The van der Waals surface area contributed by atoms with Gasteiger partial charge in [0.1, 0.15) is 11.5 Å². The molecule has 0 aliphatic rings. The molecule has 0 unspecified atom stereocenters. The van der Waals surface area contributed by atoms with E-state index in [4.69, 9.17) is 25.8 Å². The summed E-state index contributed by atoms with van der Waals surface area (Å²) in [6.45, 7) is -0.434. The second-order valence-electron chi connectivity index (χ2n) is 4.79. The van der Waals surface area contributed by atoms with Gasteiger partial charge in [-0.1, -0.05) is 23.7 Å². The molecule has 0 bridgehead atoms. The van der Waals surface area contributed by atoms with E-state index in [1.165, 1.54) is 20.3 Å². The first-order valence-electron chi connectivity index (χ1n) is 7.09. The minimum atomic E-state index is -0.570. The van der Waals surface area contributed by atoms with E-state index in [1.54, 1.807) is 24.3 Å². The van der Waals surface area contributed by atoms with E-state index in [0.29, 0.717) is 27.8 Å². The fourth-order valence-electron chi connectivity index (χ4n) is 1.98. The zero-order valence-electron chi connectivity index (χ0n) is 13.5. The first-order chi connectivity index (χ1) is 12.0. The lowest BCUT2D eigenvalue weighted by Crippen LogP contribution is -2.21. The Morgan fingerprint density at radius 1 is 1.12 bits per heavy atom. The smallest absolute Gasteiger partial charge is 0.339 e. The van der Waals surface area contributed by atoms with Crippen LogP contribution in [0.1, 0.15) is 10.4 Å². The van der Waals surface area contributed by atoms with Gasteiger partial charge in [0, 0.05) is 9.64 Å². The van der Waals surface area contributed by atoms with E-state index in [9.17, 15) is 9.59 Å². The van der Waals surface area contributed by atoms with Gasteiger partial charge in [0.15, 0.2) is 6.61 Å². The Labute approximate surface area is 163 Å². The zero-order chi connectivity index (χ0) is 18.4. The number of carbonyl (C=O) groups excluding carboxylic acids is 2. The number of halogens is 2. The number of rotatable bonds is 6. The van der Waals surface area contributed by atoms with Crippen LogP contribution in [0, 0.1) is 3.57 Å². The Kier molecular flexibility index (Phi) is 6.89. The Morgan fingerprint density at radius 2 is 1.80 bits per heavy atom. The van der Waals surface area contributed by atoms with Crippen molar-refractivity contribution in [3.8, 4) is 11.5 Å². The molecule has 0 fully saturated rings. The van der Waals surface area contributed by atoms with Crippen LogP contribution < -0.4 is 14.8 Å². The Balaban J connectivity index is 2.02. The van der Waals surface area contributed by atoms with Gasteiger partial charge in [0.25, 0.3) is 5.91 Å². The van der Waals surface area contributed by atoms with Crippen LogP contribution in [0.4, 0.5) is 5.69 Å². The van der Waals surface area contributed by atoms with Gasteiger partial charge in [0.05, 0.1) is 30.5 Å². The Bertz CT molecular complexity index is 797. The maximum atomic E-state index is 12.0. The molecular weight excluding hydrogens is 461 g/mol. The number of nitrogens with one attached hydrogen (secondary N) is 1. The van der Waals surface area contributed by atoms with Gasteiger partial charge in [-0.25, -0.2) is 4.79 Å². The van der Waals surface area contributed by atoms with Crippen molar-refractivity contribution in [1.29, 1.82) is 0 Å². The number of carbonyl (C=O) groups is 2. The molecule has 0 spiro atoms. The third-order valence-electron chi connectivity index (χ3n) is 3.18. The van der Waals surface area contributed by atoms with E-state index >= 15 is 0 Å². The highest BCUT2D eigenvalue weighted by Gasteiger charge is 2.15. The average molecular weight is 476 g/mol. The maximum absolute atomic E-state index is 12.0. The second kappa shape index (κ2) is 8.91. The fraction of sp³-hybridized carbons (Fsp3) is 0.176. The fourth-order valence-corrected chi connectivity index (χ4v) is 2.83. The summed E-state index contributed by atoms with van der Waals surface area (Å²) >= 11 is 8.08. The highest BCUT2D eigenvalue weighted by molar-refractivity contribution is 14.1. The normalized spacial score (nSPS) is 10.1. The minimum absolute atomic E-state index is 0.314. The van der Waals surface area contributed by atoms with Crippen molar-refractivity contribution in [2.24, 2.45) is 0 Å². The van der Waals surface area contributed by atoms with Crippen LogP contribution in [0.5, 0.6) is 11.5 Å². The standard InChI is InChI=1S/C17H15ClINO5/c1-23-14-8-15(24-2)13(7-11(14)18)20-16(21)9-25-17(22)10-5-3-4-6-12(10)19/h3-8H,9H2,1-2H3,(H,20,21). The van der Waals surface area contributed by atoms with Crippen molar-refractivity contribution >= 4 is 51.8 Å². The Morgan fingerprint density at radius 3 is 2.44 bits per heavy atom. The summed E-state index contributed by atoms with van der Waals surface area (Å²) in [5, 5.41) is 2.91. The van der Waals surface area contributed by atoms with Gasteiger partial charge in [0.2, 0.25) is 0 Å². The first-order valence-corrected chi connectivity index (χ1v) is 8.55. The topological polar surface area (TPSA) is 73.9 Å². The largest absolute Gasteiger partial charge is 0.495 e. The quantitative estimate of drug-likeness (QED) is 0.509. The lowest BCUT2D eigenvalue weighted by molar-refractivity contribution is -0.119. The summed E-state index contributed by atoms with van der Waals surface area (Å²) in [4.78, 5) is 24.1. The summed E-state index contributed by atoms with van der Waals surface area (Å²) in [5.74, 6) is -0.293. The van der Waals surface area contributed by atoms with Crippen LogP contribution in [-0.2, 0) is 9.53 Å². The highest BCUT2D eigenvalue weighted by atomic mass is 127. The molecule has 1 amide bonds. The summed E-state index contributed by atoms with van der Waals surface area (Å²) < 4.78 is 16.1. The van der Waals surface area contributed by atoms with Crippen molar-refractivity contribution in [1.82, 2.24) is 0 Å². The molecule has 0 radical (unpaired) electrons. The molecule has 8 heteroatoms. The number of hydrogen-bond donors (Lipinski definition) is 1. The van der Waals surface area contributed by atoms with Gasteiger partial charge in [-0.05, 0) is 40.8 Å². The molecule has 25 heavy (non-hydrogen) atoms. The van der Waals surface area contributed by atoms with E-state index in [1.807, 2.05) is 28.7 Å². The number of hydrogen-bond acceptors (Lipinski definition) is 5. The lowest BCUT2D eigenvalue weighted by Gasteiger charge is -2.13. The van der Waals surface area contributed by atoms with Crippen LogP contribution in [0.2, 0.25) is 5.02 Å². The summed E-state index contributed by atoms with van der Waals surface area (Å²) in [6, 6.07) is 10.00. The Hall–Kier alpha value is -2.00. The number of benzene rings is 2. The molecule has 0 aliphatic heterocycles. The molecular formula is C17H15ClINO5. The molecule has 132 valence electrons. The van der Waals surface area contributed by atoms with E-state index in [-0.39, 0.29) is 0 Å². The number of anilines is 1. The minimum Gasteiger partial charge on any atom is -0.495 e. The van der Waals surface area contributed by atoms with E-state index in [2.05, 4.69) is 5.32 Å². The number of amides is 1. The van der Waals surface area contributed by atoms with Gasteiger partial charge in [-0.15, -0.1) is 0 Å². The molecule has 0 saturated carbocycles. The maximum Gasteiger partial charge on any atom is 0.339 e. The molecule has 0 aromatic heterocycles. The zero-order valence-corrected chi connectivity index (χ0v) is 16.4. The van der Waals surface area contributed by atoms with Gasteiger partial charge in [-0.3, -0.25) is 4.79 Å². The molecule has 0 saturated heterocycles. The van der Waals surface area contributed by atoms with Gasteiger partial charge >= 0.3 is 5.97 Å². The van der Waals surface area contributed by atoms with E-state index in [0.717, 1.165) is 3.57 Å². The molecule has 0 atom stereocenters. The molecule has 6 nitrogen and oxygen atoms in total. The van der Waals surface area contributed by atoms with Crippen molar-refractivity contribution in [3.05, 3.63) is 50.6 Å². The predicted molar refractivity (Wildman–Crippen MR) is 103 cm³/mol. The molecule has 2 rings (SSSR count). The van der Waals surface area contributed by atoms with Crippen molar-refractivity contribution in [2.45, 2.75) is 0 Å².